The van der Waals surface area contributed by atoms with Crippen LogP contribution in [-0.4, -0.2) is 73.6 Å². The van der Waals surface area contributed by atoms with Crippen molar-refractivity contribution in [2.75, 3.05) is 30.7 Å². The number of carbonyl (C=O) groups excluding carboxylic acids is 2. The summed E-state index contributed by atoms with van der Waals surface area (Å²) in [6, 6.07) is 8.82. The van der Waals surface area contributed by atoms with Gasteiger partial charge in [-0.15, -0.1) is 11.8 Å². The fourth-order valence-corrected chi connectivity index (χ4v) is 6.16. The third kappa shape index (κ3) is 5.26. The molecular weight excluding hydrogens is 501 g/mol. The van der Waals surface area contributed by atoms with Gasteiger partial charge < -0.3 is 14.7 Å². The Balaban J connectivity index is 2.16. The average molecular weight is 526 g/mol. The molecule has 13 heteroatoms. The fraction of sp³-hybridized carbons (Fsp3) is 0.318. The monoisotopic (exact) mass is 525 g/mol. The molecule has 1 aliphatic rings. The zero-order valence-electron chi connectivity index (χ0n) is 19.1. The SMILES string of the molecule is CN(C)C(=O)Oc1ccc(N([C@@](C)(C(=O)O)C(=O)[C@H]2NCCS2)S(=O)(=O)c2ccc(F)cc2)cc1. The zero-order valence-corrected chi connectivity index (χ0v) is 20.7. The Morgan fingerprint density at radius 2 is 1.71 bits per heavy atom. The van der Waals surface area contributed by atoms with Crippen molar-refractivity contribution in [1.29, 1.82) is 0 Å². The molecule has 0 unspecified atom stereocenters. The first-order chi connectivity index (χ1) is 16.4. The van der Waals surface area contributed by atoms with Gasteiger partial charge in [0.1, 0.15) is 16.9 Å². The predicted molar refractivity (Wildman–Crippen MR) is 128 cm³/mol. The number of nitrogens with zero attached hydrogens (tertiary/aromatic N) is 2. The highest BCUT2D eigenvalue weighted by molar-refractivity contribution is 8.00. The maximum Gasteiger partial charge on any atom is 0.414 e. The Labute approximate surface area is 206 Å². The first kappa shape index (κ1) is 26.4. The van der Waals surface area contributed by atoms with E-state index in [1.54, 1.807) is 0 Å². The van der Waals surface area contributed by atoms with Crippen LogP contribution in [0.25, 0.3) is 0 Å². The van der Waals surface area contributed by atoms with Crippen molar-refractivity contribution in [3.8, 4) is 5.75 Å². The standard InChI is InChI=1S/C22H24FN3O7S2/c1-22(20(28)29,18(27)19-24-12-13-34-19)26(35(31,32)17-10-4-14(23)5-11-17)15-6-8-16(9-7-15)33-21(30)25(2)3/h4-11,19,24H,12-13H2,1-3H3,(H,28,29)/t19-,22+/m0/s1. The Bertz CT molecular complexity index is 1210. The van der Waals surface area contributed by atoms with E-state index in [-0.39, 0.29) is 11.4 Å². The van der Waals surface area contributed by atoms with Gasteiger partial charge >= 0.3 is 12.1 Å². The lowest BCUT2D eigenvalue weighted by molar-refractivity contribution is -0.147. The minimum atomic E-state index is -4.69. The quantitative estimate of drug-likeness (QED) is 0.497. The van der Waals surface area contributed by atoms with Gasteiger partial charge in [-0.2, -0.15) is 0 Å². The van der Waals surface area contributed by atoms with Crippen molar-refractivity contribution >= 4 is 45.3 Å². The number of halogens is 1. The second-order valence-electron chi connectivity index (χ2n) is 7.93. The van der Waals surface area contributed by atoms with Crippen LogP contribution in [0.15, 0.2) is 53.4 Å². The highest BCUT2D eigenvalue weighted by Gasteiger charge is 2.55. The molecule has 2 atom stereocenters. The molecule has 0 aliphatic carbocycles. The van der Waals surface area contributed by atoms with Crippen LogP contribution in [0.1, 0.15) is 6.92 Å². The molecular formula is C22H24FN3O7S2. The number of ether oxygens (including phenoxy) is 1. The summed E-state index contributed by atoms with van der Waals surface area (Å²) in [6.07, 6.45) is -0.677. The van der Waals surface area contributed by atoms with Crippen molar-refractivity contribution in [3.63, 3.8) is 0 Å². The van der Waals surface area contributed by atoms with Gasteiger partial charge in [0.2, 0.25) is 5.54 Å². The summed E-state index contributed by atoms with van der Waals surface area (Å²) in [5.41, 5.74) is -2.73. The lowest BCUT2D eigenvalue weighted by Crippen LogP contribution is -2.63. The number of amides is 1. The number of thioether (sulfide) groups is 1. The van der Waals surface area contributed by atoms with Crippen LogP contribution in [0.2, 0.25) is 0 Å². The number of hydrogen-bond acceptors (Lipinski definition) is 8. The summed E-state index contributed by atoms with van der Waals surface area (Å²) < 4.78 is 46.6. The number of Topliss-reactive ketones (excluding diaryl/α,β-unsaturated/α-hetero) is 1. The van der Waals surface area contributed by atoms with Crippen LogP contribution in [0, 0.1) is 5.82 Å². The first-order valence-electron chi connectivity index (χ1n) is 10.3. The molecule has 0 radical (unpaired) electrons. The van der Waals surface area contributed by atoms with E-state index in [0.29, 0.717) is 16.6 Å². The molecule has 2 N–H and O–H groups in total. The third-order valence-corrected chi connectivity index (χ3v) is 8.33. The summed E-state index contributed by atoms with van der Waals surface area (Å²) in [7, 11) is -1.73. The topological polar surface area (TPSA) is 133 Å². The normalized spacial score (nSPS) is 17.3. The molecule has 1 fully saturated rings. The molecule has 35 heavy (non-hydrogen) atoms. The number of nitrogens with one attached hydrogen (secondary N) is 1. The number of benzene rings is 2. The lowest BCUT2D eigenvalue weighted by atomic mass is 9.95. The van der Waals surface area contributed by atoms with Crippen LogP contribution in [0.3, 0.4) is 0 Å². The van der Waals surface area contributed by atoms with E-state index >= 15 is 0 Å². The van der Waals surface area contributed by atoms with E-state index in [9.17, 15) is 32.3 Å². The van der Waals surface area contributed by atoms with Gasteiger partial charge in [-0.05, 0) is 55.5 Å². The summed E-state index contributed by atoms with van der Waals surface area (Å²) in [5.74, 6) is -2.64. The van der Waals surface area contributed by atoms with E-state index in [2.05, 4.69) is 5.32 Å². The van der Waals surface area contributed by atoms with E-state index in [0.717, 1.165) is 31.2 Å². The number of ketones is 1. The molecule has 2 aromatic rings. The van der Waals surface area contributed by atoms with Gasteiger partial charge in [-0.1, -0.05) is 0 Å². The molecule has 1 amide bonds. The molecule has 1 aliphatic heterocycles. The second-order valence-corrected chi connectivity index (χ2v) is 10.9. The Morgan fingerprint density at radius 1 is 1.11 bits per heavy atom. The molecule has 10 nitrogen and oxygen atoms in total. The van der Waals surface area contributed by atoms with Gasteiger partial charge in [0, 0.05) is 26.4 Å². The zero-order chi connectivity index (χ0) is 26.0. The largest absolute Gasteiger partial charge is 0.479 e. The Morgan fingerprint density at radius 3 is 2.20 bits per heavy atom. The number of rotatable bonds is 8. The van der Waals surface area contributed by atoms with Crippen LogP contribution < -0.4 is 14.4 Å². The number of carboxylic acid groups (broad SMARTS) is 1. The minimum absolute atomic E-state index is 0.0722. The highest BCUT2D eigenvalue weighted by Crippen LogP contribution is 2.36. The Hall–Kier alpha value is -3.16. The average Bonchev–Trinajstić information content (AvgIpc) is 3.34. The number of sulfonamides is 1. The van der Waals surface area contributed by atoms with Gasteiger partial charge in [-0.25, -0.2) is 26.7 Å². The maximum atomic E-state index is 13.7. The minimum Gasteiger partial charge on any atom is -0.479 e. The van der Waals surface area contributed by atoms with Crippen molar-refractivity contribution in [2.45, 2.75) is 22.7 Å². The molecule has 0 saturated carbocycles. The van der Waals surface area contributed by atoms with Crippen LogP contribution in [0.4, 0.5) is 14.9 Å². The predicted octanol–water partition coefficient (Wildman–Crippen LogP) is 2.16. The van der Waals surface area contributed by atoms with Crippen LogP contribution in [-0.2, 0) is 19.6 Å². The molecule has 3 rings (SSSR count). The van der Waals surface area contributed by atoms with Crippen LogP contribution >= 0.6 is 11.8 Å². The summed E-state index contributed by atoms with van der Waals surface area (Å²) in [6.45, 7) is 1.46. The Kier molecular flexibility index (Phi) is 7.72. The van der Waals surface area contributed by atoms with Crippen molar-refractivity contribution in [2.24, 2.45) is 0 Å². The molecule has 0 aromatic heterocycles. The lowest BCUT2D eigenvalue weighted by Gasteiger charge is -2.38. The number of carboxylic acids is 1. The number of aliphatic carboxylic acids is 1. The summed E-state index contributed by atoms with van der Waals surface area (Å²) in [5, 5.41) is 12.1. The maximum absolute atomic E-state index is 13.7. The van der Waals surface area contributed by atoms with E-state index in [1.807, 2.05) is 0 Å². The fourth-order valence-electron chi connectivity index (χ4n) is 3.33. The highest BCUT2D eigenvalue weighted by atomic mass is 32.2. The van der Waals surface area contributed by atoms with E-state index in [1.165, 1.54) is 55.0 Å². The third-order valence-electron chi connectivity index (χ3n) is 5.25. The smallest absolute Gasteiger partial charge is 0.414 e. The first-order valence-corrected chi connectivity index (χ1v) is 12.8. The number of carbonyl (C=O) groups is 3. The van der Waals surface area contributed by atoms with Gasteiger partial charge in [0.05, 0.1) is 10.6 Å². The molecule has 2 aromatic carbocycles. The van der Waals surface area contributed by atoms with Crippen molar-refractivity contribution in [1.82, 2.24) is 10.2 Å². The second kappa shape index (κ2) is 10.2. The van der Waals surface area contributed by atoms with Crippen LogP contribution in [0.5, 0.6) is 5.75 Å². The summed E-state index contributed by atoms with van der Waals surface area (Å²) in [4.78, 5) is 38.6. The van der Waals surface area contributed by atoms with E-state index < -0.39 is 49.5 Å². The molecule has 0 bridgehead atoms. The number of hydrogen-bond donors (Lipinski definition) is 2. The summed E-state index contributed by atoms with van der Waals surface area (Å²) >= 11 is 1.17. The molecule has 0 spiro atoms. The van der Waals surface area contributed by atoms with Gasteiger partial charge in [0.25, 0.3) is 10.0 Å². The molecule has 1 heterocycles. The van der Waals surface area contributed by atoms with Gasteiger partial charge in [0.15, 0.2) is 5.78 Å². The molecule has 1 saturated heterocycles. The number of anilines is 1. The van der Waals surface area contributed by atoms with Crippen molar-refractivity contribution < 1.29 is 37.0 Å². The van der Waals surface area contributed by atoms with Gasteiger partial charge in [-0.3, -0.25) is 10.1 Å². The van der Waals surface area contributed by atoms with E-state index in [4.69, 9.17) is 4.74 Å². The molecule has 188 valence electrons. The van der Waals surface area contributed by atoms with Crippen molar-refractivity contribution in [3.05, 3.63) is 54.3 Å².